The van der Waals surface area contributed by atoms with Crippen LogP contribution in [0, 0.1) is 0 Å². The molecule has 1 aliphatic heterocycles. The maximum atomic E-state index is 5.61. The highest BCUT2D eigenvalue weighted by molar-refractivity contribution is 7.80. The van der Waals surface area contributed by atoms with Gasteiger partial charge in [0.15, 0.2) is 5.11 Å². The van der Waals surface area contributed by atoms with Gasteiger partial charge in [0, 0.05) is 18.0 Å². The largest absolute Gasteiger partial charge is 0.497 e. The molecular formula is C18H20N2OS2. The fourth-order valence-electron chi connectivity index (χ4n) is 2.94. The van der Waals surface area contributed by atoms with E-state index in [9.17, 15) is 0 Å². The van der Waals surface area contributed by atoms with Gasteiger partial charge in [-0.1, -0.05) is 18.2 Å². The van der Waals surface area contributed by atoms with Gasteiger partial charge in [0.1, 0.15) is 5.75 Å². The molecule has 3 nitrogen and oxygen atoms in total. The lowest BCUT2D eigenvalue weighted by atomic mass is 9.93. The molecule has 1 aromatic heterocycles. The summed E-state index contributed by atoms with van der Waals surface area (Å²) in [5.74, 6) is 0.869. The Morgan fingerprint density at radius 1 is 1.43 bits per heavy atom. The number of hydrogen-bond acceptors (Lipinski definition) is 3. The number of nitrogens with zero attached hydrogens (tertiary/aromatic N) is 1. The Bertz CT molecular complexity index is 693. The van der Waals surface area contributed by atoms with E-state index in [2.05, 4.69) is 40.4 Å². The van der Waals surface area contributed by atoms with Gasteiger partial charge in [0.2, 0.25) is 0 Å². The van der Waals surface area contributed by atoms with Crippen LogP contribution in [0.5, 0.6) is 5.75 Å². The van der Waals surface area contributed by atoms with Crippen molar-refractivity contribution in [2.75, 3.05) is 20.2 Å². The third-order valence-electron chi connectivity index (χ3n) is 4.06. The minimum atomic E-state index is 0.153. The van der Waals surface area contributed by atoms with Gasteiger partial charge in [-0.15, -0.1) is 17.9 Å². The minimum absolute atomic E-state index is 0.153. The van der Waals surface area contributed by atoms with E-state index in [1.165, 1.54) is 16.0 Å². The summed E-state index contributed by atoms with van der Waals surface area (Å²) in [6.07, 6.45) is 2.87. The summed E-state index contributed by atoms with van der Waals surface area (Å²) < 4.78 is 5.28. The molecule has 0 saturated heterocycles. The van der Waals surface area contributed by atoms with Crippen molar-refractivity contribution in [3.63, 3.8) is 0 Å². The van der Waals surface area contributed by atoms with Crippen LogP contribution in [-0.2, 0) is 6.42 Å². The maximum absolute atomic E-state index is 5.61. The fraction of sp³-hybridized carbons (Fsp3) is 0.278. The smallest absolute Gasteiger partial charge is 0.169 e. The van der Waals surface area contributed by atoms with Gasteiger partial charge in [0.25, 0.3) is 0 Å². The van der Waals surface area contributed by atoms with E-state index >= 15 is 0 Å². The van der Waals surface area contributed by atoms with Gasteiger partial charge >= 0.3 is 0 Å². The number of benzene rings is 1. The highest BCUT2D eigenvalue weighted by atomic mass is 32.1. The molecule has 0 saturated carbocycles. The zero-order chi connectivity index (χ0) is 16.2. The second-order valence-corrected chi connectivity index (χ2v) is 6.78. The number of thiophene rings is 1. The predicted molar refractivity (Wildman–Crippen MR) is 100 cm³/mol. The van der Waals surface area contributed by atoms with Gasteiger partial charge in [-0.2, -0.15) is 0 Å². The number of methoxy groups -OCH3 is 1. The number of fused-ring (bicyclic) bond motifs is 1. The Kier molecular flexibility index (Phi) is 4.98. The first kappa shape index (κ1) is 16.0. The standard InChI is InChI=1S/C18H20N2OS2/c1-3-10-19-18(22)20-11-8-16-15(9-12-23-16)17(20)13-4-6-14(21-2)7-5-13/h3-7,9,12,17H,1,8,10-11H2,2H3,(H,19,22). The van der Waals surface area contributed by atoms with E-state index < -0.39 is 0 Å². The summed E-state index contributed by atoms with van der Waals surface area (Å²) in [4.78, 5) is 3.73. The van der Waals surface area contributed by atoms with Crippen molar-refractivity contribution in [3.8, 4) is 5.75 Å². The molecule has 1 aromatic carbocycles. The van der Waals surface area contributed by atoms with Crippen LogP contribution in [0.2, 0.25) is 0 Å². The van der Waals surface area contributed by atoms with Crippen LogP contribution in [0.15, 0.2) is 48.4 Å². The van der Waals surface area contributed by atoms with Gasteiger partial charge in [-0.3, -0.25) is 0 Å². The van der Waals surface area contributed by atoms with Crippen molar-refractivity contribution < 1.29 is 4.74 Å². The molecule has 0 radical (unpaired) electrons. The third-order valence-corrected chi connectivity index (χ3v) is 5.43. The zero-order valence-corrected chi connectivity index (χ0v) is 14.8. The van der Waals surface area contributed by atoms with Crippen LogP contribution >= 0.6 is 23.6 Å². The monoisotopic (exact) mass is 344 g/mol. The van der Waals surface area contributed by atoms with Crippen LogP contribution in [0.4, 0.5) is 0 Å². The molecule has 0 amide bonds. The van der Waals surface area contributed by atoms with Crippen LogP contribution < -0.4 is 10.1 Å². The highest BCUT2D eigenvalue weighted by Crippen LogP contribution is 2.38. The van der Waals surface area contributed by atoms with Crippen molar-refractivity contribution in [2.45, 2.75) is 12.5 Å². The van der Waals surface area contributed by atoms with Crippen LogP contribution in [0.3, 0.4) is 0 Å². The molecule has 2 heterocycles. The average molecular weight is 345 g/mol. The predicted octanol–water partition coefficient (Wildman–Crippen LogP) is 3.76. The highest BCUT2D eigenvalue weighted by Gasteiger charge is 2.31. The SMILES string of the molecule is C=CCNC(=S)N1CCc2sccc2C1c1ccc(OC)cc1. The summed E-state index contributed by atoms with van der Waals surface area (Å²) in [6, 6.07) is 10.6. The van der Waals surface area contributed by atoms with Crippen molar-refractivity contribution in [1.29, 1.82) is 0 Å². The van der Waals surface area contributed by atoms with Crippen LogP contribution in [0.1, 0.15) is 22.0 Å². The number of nitrogens with one attached hydrogen (secondary N) is 1. The topological polar surface area (TPSA) is 24.5 Å². The molecule has 120 valence electrons. The lowest BCUT2D eigenvalue weighted by molar-refractivity contribution is 0.337. The van der Waals surface area contributed by atoms with E-state index in [0.29, 0.717) is 6.54 Å². The van der Waals surface area contributed by atoms with Gasteiger partial charge in [-0.25, -0.2) is 0 Å². The van der Waals surface area contributed by atoms with E-state index in [1.54, 1.807) is 7.11 Å². The van der Waals surface area contributed by atoms with Gasteiger partial charge in [-0.05, 0) is 53.3 Å². The first-order valence-electron chi connectivity index (χ1n) is 7.60. The Morgan fingerprint density at radius 3 is 2.91 bits per heavy atom. The number of rotatable bonds is 4. The first-order valence-corrected chi connectivity index (χ1v) is 8.89. The van der Waals surface area contributed by atoms with Crippen molar-refractivity contribution in [1.82, 2.24) is 10.2 Å². The quantitative estimate of drug-likeness (QED) is 0.674. The molecule has 1 unspecified atom stereocenters. The molecule has 0 aliphatic carbocycles. The second-order valence-electron chi connectivity index (χ2n) is 5.39. The van der Waals surface area contributed by atoms with E-state index in [0.717, 1.165) is 23.8 Å². The van der Waals surface area contributed by atoms with Gasteiger partial charge in [0.05, 0.1) is 13.2 Å². The minimum Gasteiger partial charge on any atom is -0.497 e. The first-order chi connectivity index (χ1) is 11.2. The summed E-state index contributed by atoms with van der Waals surface area (Å²) in [5, 5.41) is 6.22. The summed E-state index contributed by atoms with van der Waals surface area (Å²) in [7, 11) is 1.69. The molecule has 5 heteroatoms. The third kappa shape index (κ3) is 3.26. The molecule has 0 fully saturated rings. The van der Waals surface area contributed by atoms with E-state index in [4.69, 9.17) is 17.0 Å². The molecular weight excluding hydrogens is 324 g/mol. The number of ether oxygens (including phenoxy) is 1. The second kappa shape index (κ2) is 7.15. The molecule has 1 atom stereocenters. The Morgan fingerprint density at radius 2 is 2.22 bits per heavy atom. The van der Waals surface area contributed by atoms with Crippen LogP contribution in [-0.4, -0.2) is 30.2 Å². The summed E-state index contributed by atoms with van der Waals surface area (Å²) >= 11 is 7.45. The van der Waals surface area contributed by atoms with Crippen molar-refractivity contribution in [3.05, 3.63) is 64.4 Å². The van der Waals surface area contributed by atoms with E-state index in [-0.39, 0.29) is 6.04 Å². The lowest BCUT2D eigenvalue weighted by Gasteiger charge is -2.38. The maximum Gasteiger partial charge on any atom is 0.169 e. The van der Waals surface area contributed by atoms with Crippen molar-refractivity contribution >= 4 is 28.7 Å². The lowest BCUT2D eigenvalue weighted by Crippen LogP contribution is -2.45. The summed E-state index contributed by atoms with van der Waals surface area (Å²) in [6.45, 7) is 5.35. The molecule has 1 aliphatic rings. The zero-order valence-electron chi connectivity index (χ0n) is 13.1. The normalized spacial score (nSPS) is 16.6. The molecule has 0 spiro atoms. The molecule has 1 N–H and O–H groups in total. The Labute approximate surface area is 146 Å². The molecule has 2 aromatic rings. The summed E-state index contributed by atoms with van der Waals surface area (Å²) in [5.41, 5.74) is 2.59. The average Bonchev–Trinajstić information content (AvgIpc) is 3.07. The molecule has 23 heavy (non-hydrogen) atoms. The Balaban J connectivity index is 1.95. The van der Waals surface area contributed by atoms with Gasteiger partial charge < -0.3 is 15.0 Å². The van der Waals surface area contributed by atoms with Crippen LogP contribution in [0.25, 0.3) is 0 Å². The number of thiocarbonyl (C=S) groups is 1. The number of hydrogen-bond donors (Lipinski definition) is 1. The molecule has 0 bridgehead atoms. The van der Waals surface area contributed by atoms with Crippen molar-refractivity contribution in [2.24, 2.45) is 0 Å². The Hall–Kier alpha value is -1.85. The van der Waals surface area contributed by atoms with E-state index in [1.807, 2.05) is 29.5 Å². The fourth-order valence-corrected chi connectivity index (χ4v) is 4.13. The molecule has 3 rings (SSSR count).